The molecule has 3 heteroatoms. The second kappa shape index (κ2) is 6.12. The van der Waals surface area contributed by atoms with Crippen molar-refractivity contribution in [2.24, 2.45) is 5.10 Å². The molecule has 0 amide bonds. The van der Waals surface area contributed by atoms with Gasteiger partial charge in [-0.3, -0.25) is 0 Å². The summed E-state index contributed by atoms with van der Waals surface area (Å²) in [6.45, 7) is 3.30. The van der Waals surface area contributed by atoms with Crippen molar-refractivity contribution >= 4 is 6.21 Å². The molecule has 2 aliphatic carbocycles. The van der Waals surface area contributed by atoms with Gasteiger partial charge < -0.3 is 5.32 Å². The lowest BCUT2D eigenvalue weighted by Crippen LogP contribution is -2.46. The standard InChI is InChI=1S/C20H28N3/c1-2-23(20-12-16-8-6-7-9-17(16)13-20)15-19(14-21-23)22-18-10-4-3-5-11-18/h6-9,14-15,18,20,22H,2-5,10-13H2,1H3/q+1. The van der Waals surface area contributed by atoms with Crippen LogP contribution in [0, 0.1) is 0 Å². The second-order valence-corrected chi connectivity index (χ2v) is 7.34. The summed E-state index contributed by atoms with van der Waals surface area (Å²) in [5.74, 6) is 0. The number of hydrogen-bond donors (Lipinski definition) is 1. The molecule has 1 aromatic carbocycles. The van der Waals surface area contributed by atoms with Gasteiger partial charge in [0.1, 0.15) is 30.7 Å². The first-order valence-corrected chi connectivity index (χ1v) is 9.28. The molecule has 1 aromatic rings. The summed E-state index contributed by atoms with van der Waals surface area (Å²) in [6, 6.07) is 10.1. The molecule has 4 rings (SSSR count). The molecule has 1 aliphatic heterocycles. The molecule has 0 saturated heterocycles. The Balaban J connectivity index is 1.49. The normalized spacial score (nSPS) is 28.0. The predicted octanol–water partition coefficient (Wildman–Crippen LogP) is 3.75. The van der Waals surface area contributed by atoms with Gasteiger partial charge in [0, 0.05) is 18.9 Å². The van der Waals surface area contributed by atoms with Crippen molar-refractivity contribution in [2.45, 2.75) is 64.0 Å². The zero-order valence-corrected chi connectivity index (χ0v) is 14.2. The molecule has 1 fully saturated rings. The van der Waals surface area contributed by atoms with E-state index < -0.39 is 0 Å². The molecule has 122 valence electrons. The molecular formula is C20H28N3+. The highest BCUT2D eigenvalue weighted by molar-refractivity contribution is 5.78. The van der Waals surface area contributed by atoms with Gasteiger partial charge in [0.05, 0.1) is 0 Å². The Bertz CT molecular complexity index is 603. The highest BCUT2D eigenvalue weighted by atomic mass is 15.6. The van der Waals surface area contributed by atoms with Gasteiger partial charge in [-0.2, -0.15) is 4.59 Å². The fourth-order valence-corrected chi connectivity index (χ4v) is 4.52. The molecule has 3 nitrogen and oxygen atoms in total. The maximum absolute atomic E-state index is 4.96. The van der Waals surface area contributed by atoms with Crippen LogP contribution in [0.25, 0.3) is 0 Å². The van der Waals surface area contributed by atoms with Crippen LogP contribution in [-0.2, 0) is 12.8 Å². The van der Waals surface area contributed by atoms with E-state index in [0.29, 0.717) is 12.1 Å². The Hall–Kier alpha value is -1.61. The SMILES string of the molecule is CC[N+]1(C2Cc3ccccc3C2)C=C(NC2CCCCC2)C=N1. The number of nitrogens with one attached hydrogen (secondary N) is 1. The van der Waals surface area contributed by atoms with Crippen LogP contribution < -0.4 is 5.32 Å². The Morgan fingerprint density at radius 2 is 1.78 bits per heavy atom. The summed E-state index contributed by atoms with van der Waals surface area (Å²) in [4.78, 5) is 0. The van der Waals surface area contributed by atoms with Gasteiger partial charge in [0.15, 0.2) is 0 Å². The summed E-state index contributed by atoms with van der Waals surface area (Å²) in [5.41, 5.74) is 4.27. The lowest BCUT2D eigenvalue weighted by atomic mass is 9.95. The van der Waals surface area contributed by atoms with Gasteiger partial charge in [0.25, 0.3) is 0 Å². The van der Waals surface area contributed by atoms with Crippen LogP contribution in [0.2, 0.25) is 0 Å². The Labute approximate surface area is 139 Å². The topological polar surface area (TPSA) is 24.4 Å². The van der Waals surface area contributed by atoms with Crippen LogP contribution in [0.1, 0.15) is 50.2 Å². The number of nitrogens with zero attached hydrogens (tertiary/aromatic N) is 2. The third kappa shape index (κ3) is 2.83. The molecule has 1 unspecified atom stereocenters. The first kappa shape index (κ1) is 14.9. The van der Waals surface area contributed by atoms with Crippen LogP contribution >= 0.6 is 0 Å². The number of benzene rings is 1. The first-order chi connectivity index (χ1) is 11.3. The van der Waals surface area contributed by atoms with Crippen molar-refractivity contribution in [2.75, 3.05) is 6.54 Å². The number of rotatable bonds is 4. The zero-order valence-electron chi connectivity index (χ0n) is 14.2. The largest absolute Gasteiger partial charge is 0.377 e. The lowest BCUT2D eigenvalue weighted by Gasteiger charge is -2.31. The third-order valence-corrected chi connectivity index (χ3v) is 5.92. The average Bonchev–Trinajstić information content (AvgIpc) is 3.20. The zero-order chi connectivity index (χ0) is 15.7. The van der Waals surface area contributed by atoms with E-state index in [2.05, 4.69) is 48.9 Å². The Morgan fingerprint density at radius 1 is 1.09 bits per heavy atom. The minimum Gasteiger partial charge on any atom is -0.377 e. The van der Waals surface area contributed by atoms with Crippen molar-refractivity contribution in [3.05, 3.63) is 47.3 Å². The number of likely N-dealkylation sites (N-methyl/N-ethyl adjacent to an activating group) is 1. The van der Waals surface area contributed by atoms with Gasteiger partial charge in [-0.1, -0.05) is 48.6 Å². The minimum atomic E-state index is 0.555. The van der Waals surface area contributed by atoms with E-state index in [-0.39, 0.29) is 0 Å². The van der Waals surface area contributed by atoms with E-state index in [1.807, 2.05) is 0 Å². The number of hydrogen-bond acceptors (Lipinski definition) is 2. The summed E-state index contributed by atoms with van der Waals surface area (Å²) < 4.78 is 0.768. The van der Waals surface area contributed by atoms with Crippen LogP contribution in [0.3, 0.4) is 0 Å². The Kier molecular flexibility index (Phi) is 3.98. The molecule has 3 aliphatic rings. The van der Waals surface area contributed by atoms with Gasteiger partial charge >= 0.3 is 0 Å². The molecule has 0 radical (unpaired) electrons. The van der Waals surface area contributed by atoms with E-state index in [0.717, 1.165) is 24.0 Å². The van der Waals surface area contributed by atoms with Gasteiger partial charge in [-0.15, -0.1) is 0 Å². The monoisotopic (exact) mass is 310 g/mol. The van der Waals surface area contributed by atoms with Crippen molar-refractivity contribution in [3.8, 4) is 0 Å². The van der Waals surface area contributed by atoms with Crippen LogP contribution in [0.4, 0.5) is 0 Å². The smallest absolute Gasteiger partial charge is 0.148 e. The number of fused-ring (bicyclic) bond motifs is 1. The van der Waals surface area contributed by atoms with Crippen molar-refractivity contribution < 1.29 is 4.59 Å². The molecule has 0 aromatic heterocycles. The highest BCUT2D eigenvalue weighted by Crippen LogP contribution is 2.33. The second-order valence-electron chi connectivity index (χ2n) is 7.34. The average molecular weight is 310 g/mol. The molecule has 0 bridgehead atoms. The molecule has 1 saturated carbocycles. The van der Waals surface area contributed by atoms with E-state index in [4.69, 9.17) is 5.10 Å². The van der Waals surface area contributed by atoms with E-state index in [1.165, 1.54) is 48.9 Å². The molecule has 23 heavy (non-hydrogen) atoms. The van der Waals surface area contributed by atoms with E-state index in [9.17, 15) is 0 Å². The van der Waals surface area contributed by atoms with Crippen molar-refractivity contribution in [1.82, 2.24) is 5.32 Å². The highest BCUT2D eigenvalue weighted by Gasteiger charge is 2.41. The number of quaternary nitrogens is 1. The molecule has 0 spiro atoms. The van der Waals surface area contributed by atoms with Gasteiger partial charge in [-0.25, -0.2) is 0 Å². The molecule has 1 N–H and O–H groups in total. The van der Waals surface area contributed by atoms with Gasteiger partial charge in [0.2, 0.25) is 0 Å². The quantitative estimate of drug-likeness (QED) is 0.842. The van der Waals surface area contributed by atoms with Crippen LogP contribution in [-0.4, -0.2) is 29.4 Å². The molecular weight excluding hydrogens is 282 g/mol. The third-order valence-electron chi connectivity index (χ3n) is 5.92. The maximum Gasteiger partial charge on any atom is 0.148 e. The summed E-state index contributed by atoms with van der Waals surface area (Å²) in [7, 11) is 0. The molecule has 1 atom stereocenters. The summed E-state index contributed by atoms with van der Waals surface area (Å²) in [6.07, 6.45) is 13.5. The Morgan fingerprint density at radius 3 is 2.43 bits per heavy atom. The van der Waals surface area contributed by atoms with Crippen LogP contribution in [0.5, 0.6) is 0 Å². The number of allylic oxidation sites excluding steroid dienone is 1. The maximum atomic E-state index is 4.96. The fraction of sp³-hybridized carbons (Fsp3) is 0.550. The minimum absolute atomic E-state index is 0.555. The summed E-state index contributed by atoms with van der Waals surface area (Å²) in [5, 5.41) is 8.70. The summed E-state index contributed by atoms with van der Waals surface area (Å²) >= 11 is 0. The fourth-order valence-electron chi connectivity index (χ4n) is 4.52. The van der Waals surface area contributed by atoms with Gasteiger partial charge in [-0.05, 0) is 30.9 Å². The predicted molar refractivity (Wildman–Crippen MR) is 95.0 cm³/mol. The van der Waals surface area contributed by atoms with Crippen LogP contribution in [0.15, 0.2) is 41.3 Å². The first-order valence-electron chi connectivity index (χ1n) is 9.28. The van der Waals surface area contributed by atoms with E-state index in [1.54, 1.807) is 0 Å². The van der Waals surface area contributed by atoms with Crippen molar-refractivity contribution in [3.63, 3.8) is 0 Å². The van der Waals surface area contributed by atoms with E-state index >= 15 is 0 Å². The lowest BCUT2D eigenvalue weighted by molar-refractivity contribution is -0.906. The molecule has 1 heterocycles. The van der Waals surface area contributed by atoms with Crippen molar-refractivity contribution in [1.29, 1.82) is 0 Å².